The van der Waals surface area contributed by atoms with Gasteiger partial charge in [-0.05, 0) is 37.8 Å². The molecule has 0 radical (unpaired) electrons. The molecule has 6 nitrogen and oxygen atoms in total. The highest BCUT2D eigenvalue weighted by molar-refractivity contribution is 7.18. The maximum Gasteiger partial charge on any atom is 0.264 e. The fourth-order valence-electron chi connectivity index (χ4n) is 2.94. The Balaban J connectivity index is 1.97. The Bertz CT molecular complexity index is 698. The molecule has 1 fully saturated rings. The number of carbonyl (C=O) groups is 3. The van der Waals surface area contributed by atoms with Gasteiger partial charge in [-0.2, -0.15) is 0 Å². The lowest BCUT2D eigenvalue weighted by atomic mass is 9.95. The van der Waals surface area contributed by atoms with Gasteiger partial charge in [0.25, 0.3) is 5.91 Å². The Hall–Kier alpha value is -1.89. The summed E-state index contributed by atoms with van der Waals surface area (Å²) >= 11 is 1.32. The van der Waals surface area contributed by atoms with Crippen LogP contribution in [0, 0.1) is 18.3 Å². The van der Waals surface area contributed by atoms with Crippen molar-refractivity contribution >= 4 is 34.1 Å². The standard InChI is InChI=1S/C20H31N3O3S/c1-6-9-21-17(24)14-7-10-23(11-8-14)18(25)16-13(2)12-15(27-16)22-19(26)20(3,4)5/h12,14H,6-11H2,1-5H3,(H,21,24)(H,22,26). The molecule has 2 heterocycles. The van der Waals surface area contributed by atoms with E-state index in [0.717, 1.165) is 12.0 Å². The first-order chi connectivity index (χ1) is 12.6. The van der Waals surface area contributed by atoms with E-state index in [1.807, 2.05) is 45.6 Å². The first-order valence-electron chi connectivity index (χ1n) is 9.62. The second kappa shape index (κ2) is 8.87. The van der Waals surface area contributed by atoms with Crippen LogP contribution in [0.3, 0.4) is 0 Å². The van der Waals surface area contributed by atoms with Crippen LogP contribution >= 0.6 is 11.3 Å². The zero-order valence-corrected chi connectivity index (χ0v) is 17.8. The number of anilines is 1. The summed E-state index contributed by atoms with van der Waals surface area (Å²) in [6, 6.07) is 1.85. The molecule has 1 saturated heterocycles. The molecular formula is C20H31N3O3S. The van der Waals surface area contributed by atoms with Gasteiger partial charge in [0.2, 0.25) is 11.8 Å². The average molecular weight is 394 g/mol. The van der Waals surface area contributed by atoms with E-state index in [-0.39, 0.29) is 23.6 Å². The summed E-state index contributed by atoms with van der Waals surface area (Å²) in [5, 5.41) is 6.54. The molecule has 1 aromatic heterocycles. The molecule has 0 unspecified atom stereocenters. The molecule has 150 valence electrons. The summed E-state index contributed by atoms with van der Waals surface area (Å²) in [7, 11) is 0. The van der Waals surface area contributed by atoms with Gasteiger partial charge in [-0.15, -0.1) is 11.3 Å². The summed E-state index contributed by atoms with van der Waals surface area (Å²) in [5.41, 5.74) is 0.388. The van der Waals surface area contributed by atoms with Gasteiger partial charge in [0, 0.05) is 31.0 Å². The van der Waals surface area contributed by atoms with E-state index in [2.05, 4.69) is 10.6 Å². The van der Waals surface area contributed by atoms with E-state index in [1.54, 1.807) is 0 Å². The molecule has 7 heteroatoms. The normalized spacial score (nSPS) is 15.5. The molecule has 2 rings (SSSR count). The lowest BCUT2D eigenvalue weighted by molar-refractivity contribution is -0.126. The lowest BCUT2D eigenvalue weighted by Gasteiger charge is -2.31. The van der Waals surface area contributed by atoms with Crippen LogP contribution in [-0.2, 0) is 9.59 Å². The molecule has 1 aliphatic rings. The Labute approximate surface area is 165 Å². The average Bonchev–Trinajstić information content (AvgIpc) is 2.98. The summed E-state index contributed by atoms with van der Waals surface area (Å²) in [6.45, 7) is 11.4. The van der Waals surface area contributed by atoms with E-state index in [9.17, 15) is 14.4 Å². The van der Waals surface area contributed by atoms with E-state index in [1.165, 1.54) is 11.3 Å². The third-order valence-electron chi connectivity index (χ3n) is 4.73. The van der Waals surface area contributed by atoms with Crippen molar-refractivity contribution in [1.29, 1.82) is 0 Å². The largest absolute Gasteiger partial charge is 0.356 e. The number of nitrogens with zero attached hydrogens (tertiary/aromatic N) is 1. The Morgan fingerprint density at radius 1 is 1.22 bits per heavy atom. The molecule has 1 aliphatic heterocycles. The van der Waals surface area contributed by atoms with Gasteiger partial charge in [-0.1, -0.05) is 27.7 Å². The molecular weight excluding hydrogens is 362 g/mol. The molecule has 0 bridgehead atoms. The number of carbonyl (C=O) groups excluding carboxylic acids is 3. The number of amides is 3. The fraction of sp³-hybridized carbons (Fsp3) is 0.650. The van der Waals surface area contributed by atoms with Crippen LogP contribution in [0.15, 0.2) is 6.07 Å². The van der Waals surface area contributed by atoms with Crippen molar-refractivity contribution in [2.24, 2.45) is 11.3 Å². The number of hydrogen-bond acceptors (Lipinski definition) is 4. The molecule has 0 aromatic carbocycles. The van der Waals surface area contributed by atoms with Gasteiger partial charge in [0.1, 0.15) is 0 Å². The van der Waals surface area contributed by atoms with Gasteiger partial charge in [0.05, 0.1) is 9.88 Å². The number of rotatable bonds is 5. The van der Waals surface area contributed by atoms with Gasteiger partial charge in [-0.25, -0.2) is 0 Å². The van der Waals surface area contributed by atoms with Crippen LogP contribution < -0.4 is 10.6 Å². The molecule has 0 aliphatic carbocycles. The predicted molar refractivity (Wildman–Crippen MR) is 109 cm³/mol. The number of piperidine rings is 1. The Kier molecular flexibility index (Phi) is 7.03. The topological polar surface area (TPSA) is 78.5 Å². The third kappa shape index (κ3) is 5.54. The maximum absolute atomic E-state index is 12.9. The highest BCUT2D eigenvalue weighted by Gasteiger charge is 2.29. The molecule has 3 amide bonds. The van der Waals surface area contributed by atoms with E-state index < -0.39 is 5.41 Å². The minimum absolute atomic E-state index is 0.00772. The molecule has 27 heavy (non-hydrogen) atoms. The minimum Gasteiger partial charge on any atom is -0.356 e. The quantitative estimate of drug-likeness (QED) is 0.804. The van der Waals surface area contributed by atoms with Crippen LogP contribution in [0.5, 0.6) is 0 Å². The van der Waals surface area contributed by atoms with Crippen LogP contribution in [-0.4, -0.2) is 42.3 Å². The van der Waals surface area contributed by atoms with Crippen LogP contribution in [0.4, 0.5) is 5.00 Å². The van der Waals surface area contributed by atoms with Crippen molar-refractivity contribution in [2.75, 3.05) is 25.0 Å². The summed E-state index contributed by atoms with van der Waals surface area (Å²) in [4.78, 5) is 39.6. The lowest BCUT2D eigenvalue weighted by Crippen LogP contribution is -2.43. The van der Waals surface area contributed by atoms with E-state index in [0.29, 0.717) is 42.4 Å². The minimum atomic E-state index is -0.484. The number of likely N-dealkylation sites (tertiary alicyclic amines) is 1. The Morgan fingerprint density at radius 2 is 1.85 bits per heavy atom. The van der Waals surface area contributed by atoms with Crippen LogP contribution in [0.25, 0.3) is 0 Å². The summed E-state index contributed by atoms with van der Waals surface area (Å²) in [6.07, 6.45) is 2.31. The smallest absolute Gasteiger partial charge is 0.264 e. The van der Waals surface area contributed by atoms with Crippen molar-refractivity contribution in [3.63, 3.8) is 0 Å². The van der Waals surface area contributed by atoms with Crippen molar-refractivity contribution in [3.05, 3.63) is 16.5 Å². The number of thiophene rings is 1. The van der Waals surface area contributed by atoms with Gasteiger partial charge >= 0.3 is 0 Å². The highest BCUT2D eigenvalue weighted by Crippen LogP contribution is 2.30. The van der Waals surface area contributed by atoms with Crippen molar-refractivity contribution in [1.82, 2.24) is 10.2 Å². The Morgan fingerprint density at radius 3 is 2.41 bits per heavy atom. The van der Waals surface area contributed by atoms with Gasteiger partial charge in [0.15, 0.2) is 0 Å². The third-order valence-corrected chi connectivity index (χ3v) is 5.87. The summed E-state index contributed by atoms with van der Waals surface area (Å²) in [5.74, 6) is 0.0120. The van der Waals surface area contributed by atoms with Crippen LogP contribution in [0.2, 0.25) is 0 Å². The number of nitrogens with one attached hydrogen (secondary N) is 2. The van der Waals surface area contributed by atoms with E-state index in [4.69, 9.17) is 0 Å². The second-order valence-corrected chi connectivity index (χ2v) is 9.24. The first kappa shape index (κ1) is 21.4. The van der Waals surface area contributed by atoms with Crippen molar-refractivity contribution in [2.45, 2.75) is 53.9 Å². The zero-order valence-electron chi connectivity index (χ0n) is 17.0. The van der Waals surface area contributed by atoms with Gasteiger partial charge in [-0.3, -0.25) is 14.4 Å². The van der Waals surface area contributed by atoms with Crippen molar-refractivity contribution in [3.8, 4) is 0 Å². The summed E-state index contributed by atoms with van der Waals surface area (Å²) < 4.78 is 0. The second-order valence-electron chi connectivity index (χ2n) is 8.18. The monoisotopic (exact) mass is 393 g/mol. The molecule has 0 atom stereocenters. The van der Waals surface area contributed by atoms with E-state index >= 15 is 0 Å². The number of aryl methyl sites for hydroxylation is 1. The maximum atomic E-state index is 12.9. The molecule has 2 N–H and O–H groups in total. The first-order valence-corrected chi connectivity index (χ1v) is 10.4. The van der Waals surface area contributed by atoms with Crippen molar-refractivity contribution < 1.29 is 14.4 Å². The number of hydrogen-bond donors (Lipinski definition) is 2. The zero-order chi connectivity index (χ0) is 20.2. The molecule has 1 aromatic rings. The predicted octanol–water partition coefficient (Wildman–Crippen LogP) is 3.42. The SMILES string of the molecule is CCCNC(=O)C1CCN(C(=O)c2sc(NC(=O)C(C)(C)C)cc2C)CC1. The van der Waals surface area contributed by atoms with Gasteiger partial charge < -0.3 is 15.5 Å². The van der Waals surface area contributed by atoms with Crippen LogP contribution in [0.1, 0.15) is 62.2 Å². The molecule has 0 spiro atoms. The highest BCUT2D eigenvalue weighted by atomic mass is 32.1. The fourth-order valence-corrected chi connectivity index (χ4v) is 3.97. The molecule has 0 saturated carbocycles.